The Labute approximate surface area is 149 Å². The summed E-state index contributed by atoms with van der Waals surface area (Å²) in [7, 11) is 0. The smallest absolute Gasteiger partial charge is 0.178 e. The Morgan fingerprint density at radius 1 is 1.21 bits per heavy atom. The summed E-state index contributed by atoms with van der Waals surface area (Å²) in [5, 5.41) is 0.743. The third-order valence-corrected chi connectivity index (χ3v) is 7.98. The molecule has 2 fully saturated rings. The summed E-state index contributed by atoms with van der Waals surface area (Å²) in [5.74, 6) is 1.97. The van der Waals surface area contributed by atoms with E-state index in [1.54, 1.807) is 19.1 Å². The Bertz CT molecular complexity index is 715. The number of hydrogen-bond acceptors (Lipinski definition) is 2. The Kier molecular flexibility index (Phi) is 3.52. The molecule has 0 aromatic carbocycles. The van der Waals surface area contributed by atoms with Gasteiger partial charge in [0.25, 0.3) is 0 Å². The van der Waals surface area contributed by atoms with Crippen LogP contribution in [-0.4, -0.2) is 11.6 Å². The average molecular weight is 345 g/mol. The molecule has 0 heterocycles. The lowest BCUT2D eigenvalue weighted by Gasteiger charge is -2.55. The van der Waals surface area contributed by atoms with E-state index >= 15 is 0 Å². The molecule has 0 spiro atoms. The van der Waals surface area contributed by atoms with Crippen LogP contribution in [0.5, 0.6) is 0 Å². The second kappa shape index (κ2) is 5.17. The molecule has 6 atom stereocenters. The van der Waals surface area contributed by atoms with Crippen molar-refractivity contribution in [3.8, 4) is 0 Å². The van der Waals surface area contributed by atoms with E-state index in [0.717, 1.165) is 36.3 Å². The van der Waals surface area contributed by atoms with Crippen LogP contribution in [-0.2, 0) is 9.59 Å². The minimum atomic E-state index is -0.153. The van der Waals surface area contributed by atoms with Gasteiger partial charge in [-0.2, -0.15) is 0 Å². The fourth-order valence-electron chi connectivity index (χ4n) is 6.39. The Morgan fingerprint density at radius 2 is 1.96 bits per heavy atom. The minimum Gasteiger partial charge on any atom is -0.300 e. The van der Waals surface area contributed by atoms with Crippen LogP contribution in [0.1, 0.15) is 46.5 Å². The monoisotopic (exact) mass is 344 g/mol. The van der Waals surface area contributed by atoms with Gasteiger partial charge in [-0.15, -0.1) is 0 Å². The first-order valence-electron chi connectivity index (χ1n) is 9.11. The van der Waals surface area contributed by atoms with Crippen molar-refractivity contribution in [1.82, 2.24) is 0 Å². The summed E-state index contributed by atoms with van der Waals surface area (Å²) >= 11 is 6.64. The molecule has 0 aromatic rings. The summed E-state index contributed by atoms with van der Waals surface area (Å²) in [5.41, 5.74) is 0.939. The van der Waals surface area contributed by atoms with Gasteiger partial charge in [-0.3, -0.25) is 9.59 Å². The van der Waals surface area contributed by atoms with Gasteiger partial charge < -0.3 is 0 Å². The van der Waals surface area contributed by atoms with Gasteiger partial charge in [-0.1, -0.05) is 37.6 Å². The molecular formula is C21H25ClO2. The second-order valence-electron chi connectivity index (χ2n) is 8.67. The van der Waals surface area contributed by atoms with Gasteiger partial charge in [0.2, 0.25) is 0 Å². The lowest BCUT2D eigenvalue weighted by molar-refractivity contribution is -0.126. The summed E-state index contributed by atoms with van der Waals surface area (Å²) < 4.78 is 0. The summed E-state index contributed by atoms with van der Waals surface area (Å²) in [6.45, 7) is 6.31. The lowest BCUT2D eigenvalue weighted by Crippen LogP contribution is -2.49. The molecule has 0 radical (unpaired) electrons. The van der Waals surface area contributed by atoms with E-state index in [4.69, 9.17) is 11.6 Å². The quantitative estimate of drug-likeness (QED) is 0.682. The topological polar surface area (TPSA) is 34.1 Å². The summed E-state index contributed by atoms with van der Waals surface area (Å²) in [6, 6.07) is 0. The maximum absolute atomic E-state index is 12.2. The molecular weight excluding hydrogens is 320 g/mol. The molecule has 2 saturated carbocycles. The second-order valence-corrected chi connectivity index (χ2v) is 9.07. The number of Topliss-reactive ketones (excluding diaryl/α,β-unsaturated/α-hetero) is 1. The number of halogens is 1. The maximum Gasteiger partial charge on any atom is 0.178 e. The van der Waals surface area contributed by atoms with Gasteiger partial charge in [0.15, 0.2) is 5.78 Å². The molecule has 3 unspecified atom stereocenters. The van der Waals surface area contributed by atoms with E-state index in [9.17, 15) is 9.59 Å². The van der Waals surface area contributed by atoms with E-state index in [2.05, 4.69) is 26.0 Å². The van der Waals surface area contributed by atoms with E-state index in [1.807, 2.05) is 0 Å². The van der Waals surface area contributed by atoms with Crippen LogP contribution in [0.4, 0.5) is 0 Å². The van der Waals surface area contributed by atoms with Crippen molar-refractivity contribution in [2.75, 3.05) is 0 Å². The van der Waals surface area contributed by atoms with Crippen LogP contribution < -0.4 is 0 Å². The van der Waals surface area contributed by atoms with Crippen molar-refractivity contribution in [2.24, 2.45) is 34.5 Å². The van der Waals surface area contributed by atoms with E-state index in [-0.39, 0.29) is 22.5 Å². The predicted molar refractivity (Wildman–Crippen MR) is 95.5 cm³/mol. The number of fused-ring (bicyclic) bond motifs is 5. The van der Waals surface area contributed by atoms with Crippen molar-refractivity contribution >= 4 is 23.2 Å². The highest BCUT2D eigenvalue weighted by atomic mass is 35.5. The first-order valence-corrected chi connectivity index (χ1v) is 9.48. The Balaban J connectivity index is 1.79. The van der Waals surface area contributed by atoms with Crippen LogP contribution in [0.25, 0.3) is 0 Å². The number of allylic oxidation sites excluding steroid dienone is 6. The maximum atomic E-state index is 12.2. The fraction of sp³-hybridized carbons (Fsp3) is 0.619. The normalized spacial score (nSPS) is 46.6. The zero-order valence-electron chi connectivity index (χ0n) is 14.6. The van der Waals surface area contributed by atoms with Gasteiger partial charge >= 0.3 is 0 Å². The third-order valence-electron chi connectivity index (χ3n) is 7.65. The van der Waals surface area contributed by atoms with Gasteiger partial charge in [0.05, 0.1) is 0 Å². The van der Waals surface area contributed by atoms with Crippen molar-refractivity contribution in [2.45, 2.75) is 46.5 Å². The first-order chi connectivity index (χ1) is 11.3. The number of carbonyl (C=O) groups excluding carboxylic acids is 2. The number of ketones is 2. The molecule has 4 aliphatic carbocycles. The van der Waals surface area contributed by atoms with Crippen molar-refractivity contribution < 1.29 is 9.59 Å². The van der Waals surface area contributed by atoms with Gasteiger partial charge in [-0.25, -0.2) is 0 Å². The van der Waals surface area contributed by atoms with Crippen molar-refractivity contribution in [3.63, 3.8) is 0 Å². The zero-order chi connectivity index (χ0) is 17.3. The number of carbonyl (C=O) groups is 2. The average Bonchev–Trinajstić information content (AvgIpc) is 2.87. The molecule has 0 N–H and O–H groups in total. The largest absolute Gasteiger partial charge is 0.300 e. The molecule has 0 amide bonds. The highest BCUT2D eigenvalue weighted by molar-refractivity contribution is 6.32. The molecule has 2 nitrogen and oxygen atoms in total. The van der Waals surface area contributed by atoms with Gasteiger partial charge in [-0.05, 0) is 73.5 Å². The summed E-state index contributed by atoms with van der Waals surface area (Å²) in [4.78, 5) is 24.0. The lowest BCUT2D eigenvalue weighted by atomic mass is 9.49. The standard InChI is InChI=1S/C21H25ClO2/c1-12(23)15-4-5-16-14-11-19(22)18-10-13(24)6-8-21(18,3)17(14)7-9-20(15,16)2/h6,8,10-11,14-17H,4-5,7,9H2,1-3H3/t14?,15-,16?,17?,20-,21+/m1/s1. The molecule has 4 aliphatic rings. The third kappa shape index (κ3) is 2.02. The van der Waals surface area contributed by atoms with Crippen LogP contribution in [0.2, 0.25) is 0 Å². The Morgan fingerprint density at radius 3 is 2.67 bits per heavy atom. The van der Waals surface area contributed by atoms with Gasteiger partial charge in [0.1, 0.15) is 5.78 Å². The minimum absolute atomic E-state index is 0.0330. The Hall–Kier alpha value is -1.15. The highest BCUT2D eigenvalue weighted by Crippen LogP contribution is 2.65. The van der Waals surface area contributed by atoms with Crippen LogP contribution >= 0.6 is 11.6 Å². The first kappa shape index (κ1) is 16.3. The van der Waals surface area contributed by atoms with E-state index in [1.165, 1.54) is 0 Å². The molecule has 4 rings (SSSR count). The molecule has 0 aromatic heterocycles. The van der Waals surface area contributed by atoms with Crippen molar-refractivity contribution in [3.05, 3.63) is 34.9 Å². The molecule has 3 heteroatoms. The zero-order valence-corrected chi connectivity index (χ0v) is 15.4. The van der Waals surface area contributed by atoms with E-state index < -0.39 is 0 Å². The highest BCUT2D eigenvalue weighted by Gasteiger charge is 2.59. The van der Waals surface area contributed by atoms with Gasteiger partial charge in [0, 0.05) is 16.4 Å². The molecule has 24 heavy (non-hydrogen) atoms. The fourth-order valence-corrected chi connectivity index (χ4v) is 6.80. The predicted octanol–water partition coefficient (Wildman–Crippen LogP) is 4.84. The number of rotatable bonds is 1. The number of hydrogen-bond donors (Lipinski definition) is 0. The molecule has 0 saturated heterocycles. The van der Waals surface area contributed by atoms with Crippen LogP contribution in [0.15, 0.2) is 34.9 Å². The molecule has 128 valence electrons. The van der Waals surface area contributed by atoms with Crippen molar-refractivity contribution in [1.29, 1.82) is 0 Å². The van der Waals surface area contributed by atoms with Crippen LogP contribution in [0, 0.1) is 34.5 Å². The molecule has 0 bridgehead atoms. The summed E-state index contributed by atoms with van der Waals surface area (Å²) in [6.07, 6.45) is 12.0. The molecule has 0 aliphatic heterocycles. The SMILES string of the molecule is CC(=O)[C@H]1CCC2C3C=C(Cl)C4=CC(=O)C=C[C@@]4(C)C3CC[C@@]21C. The van der Waals surface area contributed by atoms with Crippen LogP contribution in [0.3, 0.4) is 0 Å². The van der Waals surface area contributed by atoms with E-state index in [0.29, 0.717) is 23.5 Å².